The van der Waals surface area contributed by atoms with Gasteiger partial charge in [-0.05, 0) is 43.3 Å². The van der Waals surface area contributed by atoms with Gasteiger partial charge in [0.15, 0.2) is 0 Å². The molecule has 0 radical (unpaired) electrons. The van der Waals surface area contributed by atoms with Crippen molar-refractivity contribution >= 4 is 10.9 Å². The van der Waals surface area contributed by atoms with Crippen LogP contribution in [0.3, 0.4) is 0 Å². The van der Waals surface area contributed by atoms with E-state index in [4.69, 9.17) is 0 Å². The summed E-state index contributed by atoms with van der Waals surface area (Å²) in [5.74, 6) is 0.904. The van der Waals surface area contributed by atoms with E-state index >= 15 is 0 Å². The lowest BCUT2D eigenvalue weighted by molar-refractivity contribution is 0.277. The third kappa shape index (κ3) is 1.98. The van der Waals surface area contributed by atoms with E-state index < -0.39 is 0 Å². The Labute approximate surface area is 103 Å². The number of rotatable bonds is 4. The van der Waals surface area contributed by atoms with Crippen LogP contribution in [0.25, 0.3) is 10.9 Å². The Hall–Kier alpha value is -1.28. The van der Waals surface area contributed by atoms with Crippen LogP contribution in [0.4, 0.5) is 0 Å². The van der Waals surface area contributed by atoms with Crippen LogP contribution in [0.1, 0.15) is 25.0 Å². The van der Waals surface area contributed by atoms with Gasteiger partial charge in [0.2, 0.25) is 0 Å². The predicted molar refractivity (Wildman–Crippen MR) is 72.0 cm³/mol. The molecule has 1 heterocycles. The summed E-state index contributed by atoms with van der Waals surface area (Å²) in [4.78, 5) is 0. The minimum Gasteiger partial charge on any atom is -0.343 e. The molecule has 1 saturated carbocycles. The van der Waals surface area contributed by atoms with Crippen molar-refractivity contribution in [2.75, 3.05) is 7.05 Å². The van der Waals surface area contributed by atoms with Crippen molar-refractivity contribution in [2.45, 2.75) is 32.4 Å². The van der Waals surface area contributed by atoms with E-state index in [-0.39, 0.29) is 0 Å². The summed E-state index contributed by atoms with van der Waals surface area (Å²) in [5, 5.41) is 4.65. The van der Waals surface area contributed by atoms with Gasteiger partial charge in [-0.3, -0.25) is 0 Å². The number of hydrogen-bond donors (Lipinski definition) is 1. The molecule has 0 saturated heterocycles. The first-order valence-electron chi connectivity index (χ1n) is 6.60. The lowest BCUT2D eigenvalue weighted by atomic mass is 9.85. The first-order chi connectivity index (χ1) is 8.38. The number of nitrogens with one attached hydrogen (secondary N) is 1. The second-order valence-corrected chi connectivity index (χ2v) is 5.13. The highest BCUT2D eigenvalue weighted by Crippen LogP contribution is 2.30. The molecular weight excluding hydrogens is 208 g/mol. The Morgan fingerprint density at radius 1 is 1.29 bits per heavy atom. The average Bonchev–Trinajstić information content (AvgIpc) is 2.62. The summed E-state index contributed by atoms with van der Waals surface area (Å²) in [7, 11) is 2.02. The molecule has 2 aromatic rings. The van der Waals surface area contributed by atoms with Crippen LogP contribution < -0.4 is 5.32 Å². The van der Waals surface area contributed by atoms with Crippen molar-refractivity contribution in [2.24, 2.45) is 5.92 Å². The van der Waals surface area contributed by atoms with Gasteiger partial charge in [0.1, 0.15) is 0 Å². The largest absolute Gasteiger partial charge is 0.343 e. The molecule has 0 bridgehead atoms. The zero-order valence-electron chi connectivity index (χ0n) is 10.4. The molecule has 0 aliphatic heterocycles. The summed E-state index contributed by atoms with van der Waals surface area (Å²) in [6.07, 6.45) is 4.24. The quantitative estimate of drug-likeness (QED) is 0.850. The van der Waals surface area contributed by atoms with Crippen LogP contribution in [0.15, 0.2) is 30.3 Å². The minimum atomic E-state index is 0.904. The SMILES string of the molecule is CNCc1cc2ccccc2n1CC1CCC1. The van der Waals surface area contributed by atoms with E-state index in [0.717, 1.165) is 12.5 Å². The maximum absolute atomic E-state index is 3.27. The van der Waals surface area contributed by atoms with Crippen molar-refractivity contribution in [1.29, 1.82) is 0 Å². The van der Waals surface area contributed by atoms with E-state index in [9.17, 15) is 0 Å². The van der Waals surface area contributed by atoms with Crippen LogP contribution >= 0.6 is 0 Å². The highest BCUT2D eigenvalue weighted by molar-refractivity contribution is 5.81. The molecule has 1 aliphatic rings. The lowest BCUT2D eigenvalue weighted by Crippen LogP contribution is -2.20. The highest BCUT2D eigenvalue weighted by atomic mass is 15.0. The van der Waals surface area contributed by atoms with Crippen LogP contribution in [-0.2, 0) is 13.1 Å². The zero-order chi connectivity index (χ0) is 11.7. The fraction of sp³-hybridized carbons (Fsp3) is 0.467. The van der Waals surface area contributed by atoms with Crippen LogP contribution in [0, 0.1) is 5.92 Å². The molecule has 0 atom stereocenters. The van der Waals surface area contributed by atoms with Crippen LogP contribution in [0.5, 0.6) is 0 Å². The molecule has 1 aliphatic carbocycles. The fourth-order valence-corrected chi connectivity index (χ4v) is 2.74. The fourth-order valence-electron chi connectivity index (χ4n) is 2.74. The molecule has 3 rings (SSSR count). The minimum absolute atomic E-state index is 0.904. The third-order valence-electron chi connectivity index (χ3n) is 3.92. The Morgan fingerprint density at radius 3 is 2.82 bits per heavy atom. The van der Waals surface area contributed by atoms with Gasteiger partial charge in [-0.2, -0.15) is 0 Å². The maximum Gasteiger partial charge on any atom is 0.0483 e. The molecule has 0 unspecified atom stereocenters. The van der Waals surface area contributed by atoms with E-state index in [1.165, 1.54) is 42.4 Å². The molecule has 90 valence electrons. The first-order valence-corrected chi connectivity index (χ1v) is 6.60. The summed E-state index contributed by atoms with van der Waals surface area (Å²) < 4.78 is 2.51. The molecular formula is C15H20N2. The topological polar surface area (TPSA) is 17.0 Å². The van der Waals surface area contributed by atoms with Crippen molar-refractivity contribution in [3.05, 3.63) is 36.0 Å². The monoisotopic (exact) mass is 228 g/mol. The maximum atomic E-state index is 3.27. The van der Waals surface area contributed by atoms with Gasteiger partial charge in [-0.15, -0.1) is 0 Å². The summed E-state index contributed by atoms with van der Waals surface area (Å²) in [5.41, 5.74) is 2.81. The van der Waals surface area contributed by atoms with Crippen molar-refractivity contribution in [3.8, 4) is 0 Å². The summed E-state index contributed by atoms with van der Waals surface area (Å²) in [6, 6.07) is 11.0. The summed E-state index contributed by atoms with van der Waals surface area (Å²) in [6.45, 7) is 2.16. The molecule has 1 aromatic heterocycles. The molecule has 1 aromatic carbocycles. The molecule has 0 spiro atoms. The Balaban J connectivity index is 2.00. The number of aromatic nitrogens is 1. The number of benzene rings is 1. The second kappa shape index (κ2) is 4.53. The predicted octanol–water partition coefficient (Wildman–Crippen LogP) is 3.16. The molecule has 1 N–H and O–H groups in total. The van der Waals surface area contributed by atoms with Crippen molar-refractivity contribution in [3.63, 3.8) is 0 Å². The van der Waals surface area contributed by atoms with E-state index in [2.05, 4.69) is 40.2 Å². The van der Waals surface area contributed by atoms with Gasteiger partial charge in [0.05, 0.1) is 0 Å². The Kier molecular flexibility index (Phi) is 2.89. The molecule has 0 amide bonds. The van der Waals surface area contributed by atoms with Crippen LogP contribution in [0.2, 0.25) is 0 Å². The Morgan fingerprint density at radius 2 is 2.12 bits per heavy atom. The number of para-hydroxylation sites is 1. The first kappa shape index (κ1) is 10.8. The van der Waals surface area contributed by atoms with Crippen LogP contribution in [-0.4, -0.2) is 11.6 Å². The molecule has 2 nitrogen and oxygen atoms in total. The van der Waals surface area contributed by atoms with Crippen molar-refractivity contribution in [1.82, 2.24) is 9.88 Å². The smallest absolute Gasteiger partial charge is 0.0483 e. The average molecular weight is 228 g/mol. The zero-order valence-corrected chi connectivity index (χ0v) is 10.4. The highest BCUT2D eigenvalue weighted by Gasteiger charge is 2.19. The van der Waals surface area contributed by atoms with E-state index in [1.54, 1.807) is 0 Å². The van der Waals surface area contributed by atoms with Gasteiger partial charge >= 0.3 is 0 Å². The lowest BCUT2D eigenvalue weighted by Gasteiger charge is -2.27. The molecule has 2 heteroatoms. The van der Waals surface area contributed by atoms with E-state index in [0.29, 0.717) is 0 Å². The standard InChI is InChI=1S/C15H20N2/c1-16-10-14-9-13-7-2-3-8-15(13)17(14)11-12-5-4-6-12/h2-3,7-9,12,16H,4-6,10-11H2,1H3. The summed E-state index contributed by atoms with van der Waals surface area (Å²) >= 11 is 0. The third-order valence-corrected chi connectivity index (χ3v) is 3.92. The molecule has 17 heavy (non-hydrogen) atoms. The second-order valence-electron chi connectivity index (χ2n) is 5.13. The van der Waals surface area contributed by atoms with Gasteiger partial charge < -0.3 is 9.88 Å². The Bertz CT molecular complexity index is 509. The van der Waals surface area contributed by atoms with Gasteiger partial charge in [0, 0.05) is 24.3 Å². The van der Waals surface area contributed by atoms with Crippen molar-refractivity contribution < 1.29 is 0 Å². The van der Waals surface area contributed by atoms with E-state index in [1.807, 2.05) is 7.05 Å². The van der Waals surface area contributed by atoms with Gasteiger partial charge in [0.25, 0.3) is 0 Å². The number of nitrogens with zero attached hydrogens (tertiary/aromatic N) is 1. The number of fused-ring (bicyclic) bond motifs is 1. The normalized spacial score (nSPS) is 16.3. The van der Waals surface area contributed by atoms with Gasteiger partial charge in [-0.1, -0.05) is 24.6 Å². The molecule has 1 fully saturated rings. The number of hydrogen-bond acceptors (Lipinski definition) is 1. The van der Waals surface area contributed by atoms with Gasteiger partial charge in [-0.25, -0.2) is 0 Å².